The number of benzene rings is 2. The molecule has 1 aliphatic heterocycles. The molecule has 0 radical (unpaired) electrons. The van der Waals surface area contributed by atoms with Crippen molar-refractivity contribution in [3.8, 4) is 29.6 Å². The highest BCUT2D eigenvalue weighted by Crippen LogP contribution is 2.38. The highest BCUT2D eigenvalue weighted by atomic mass is 35.5. The Bertz CT molecular complexity index is 1680. The summed E-state index contributed by atoms with van der Waals surface area (Å²) in [5.41, 5.74) is 1.81. The van der Waals surface area contributed by atoms with Gasteiger partial charge in [0, 0.05) is 10.6 Å². The number of carbonyl (C=O) groups excluding carboxylic acids is 1. The van der Waals surface area contributed by atoms with E-state index in [1.165, 1.54) is 30.1 Å². The van der Waals surface area contributed by atoms with Crippen molar-refractivity contribution in [1.29, 1.82) is 0 Å². The predicted octanol–water partition coefficient (Wildman–Crippen LogP) is 4.26. The van der Waals surface area contributed by atoms with Crippen molar-refractivity contribution in [2.24, 2.45) is 4.99 Å². The number of esters is 1. The molecule has 0 unspecified atom stereocenters. The molecule has 2 heterocycles. The lowest BCUT2D eigenvalue weighted by Crippen LogP contribution is -2.40. The molecule has 2 aromatic carbocycles. The molecule has 0 amide bonds. The van der Waals surface area contributed by atoms with Crippen LogP contribution in [0.25, 0.3) is 6.08 Å². The van der Waals surface area contributed by atoms with Crippen LogP contribution >= 0.6 is 22.9 Å². The number of hydrogen-bond donors (Lipinski definition) is 0. The van der Waals surface area contributed by atoms with E-state index in [1.54, 1.807) is 49.4 Å². The minimum absolute atomic E-state index is 0.101. The van der Waals surface area contributed by atoms with Crippen molar-refractivity contribution in [2.45, 2.75) is 32.7 Å². The van der Waals surface area contributed by atoms with E-state index < -0.39 is 12.0 Å². The predicted molar refractivity (Wildman–Crippen MR) is 155 cm³/mol. The van der Waals surface area contributed by atoms with Gasteiger partial charge in [0.25, 0.3) is 5.56 Å². The fraction of sp³-hybridized carbons (Fsp3) is 0.300. The second-order valence-corrected chi connectivity index (χ2v) is 10.1. The van der Waals surface area contributed by atoms with Crippen LogP contribution in [0.15, 0.2) is 57.5 Å². The first-order valence-electron chi connectivity index (χ1n) is 12.7. The maximum absolute atomic E-state index is 14.0. The maximum atomic E-state index is 14.0. The molecule has 0 aliphatic carbocycles. The fourth-order valence-electron chi connectivity index (χ4n) is 4.50. The summed E-state index contributed by atoms with van der Waals surface area (Å²) in [6.07, 6.45) is 8.31. The average Bonchev–Trinajstić information content (AvgIpc) is 3.25. The lowest BCUT2D eigenvalue weighted by molar-refractivity contribution is -0.139. The van der Waals surface area contributed by atoms with Crippen LogP contribution in [0.2, 0.25) is 5.02 Å². The summed E-state index contributed by atoms with van der Waals surface area (Å²) < 4.78 is 24.0. The van der Waals surface area contributed by atoms with Gasteiger partial charge >= 0.3 is 5.97 Å². The van der Waals surface area contributed by atoms with Gasteiger partial charge in [-0.2, -0.15) is 0 Å². The molecule has 0 N–H and O–H groups in total. The molecule has 40 heavy (non-hydrogen) atoms. The number of fused-ring (bicyclic) bond motifs is 1. The summed E-state index contributed by atoms with van der Waals surface area (Å²) in [4.78, 5) is 32.6. The Morgan fingerprint density at radius 3 is 2.58 bits per heavy atom. The van der Waals surface area contributed by atoms with Crippen molar-refractivity contribution >= 4 is 35.0 Å². The SMILES string of the molecule is C#CCOc1ccc(/C=c2/sc3n(c2=O)[C@H](c2cc(Cl)ccc2OC)C(C(=O)OCC)=C(CCC)N=3)cc1OC. The largest absolute Gasteiger partial charge is 0.496 e. The highest BCUT2D eigenvalue weighted by molar-refractivity contribution is 7.07. The van der Waals surface area contributed by atoms with Crippen LogP contribution in [0.1, 0.15) is 43.9 Å². The van der Waals surface area contributed by atoms with Gasteiger partial charge in [-0.15, -0.1) is 6.42 Å². The van der Waals surface area contributed by atoms with Crippen LogP contribution in [0.5, 0.6) is 17.2 Å². The average molecular weight is 581 g/mol. The zero-order valence-corrected chi connectivity index (χ0v) is 24.2. The van der Waals surface area contributed by atoms with E-state index in [4.69, 9.17) is 42.0 Å². The Morgan fingerprint density at radius 2 is 1.90 bits per heavy atom. The van der Waals surface area contributed by atoms with Crippen LogP contribution in [-0.2, 0) is 9.53 Å². The molecule has 0 saturated carbocycles. The van der Waals surface area contributed by atoms with E-state index in [2.05, 4.69) is 5.92 Å². The molecule has 1 aliphatic rings. The third kappa shape index (κ3) is 5.79. The number of carbonyl (C=O) groups is 1. The van der Waals surface area contributed by atoms with E-state index in [-0.39, 0.29) is 18.8 Å². The van der Waals surface area contributed by atoms with Gasteiger partial charge < -0.3 is 18.9 Å². The smallest absolute Gasteiger partial charge is 0.338 e. The van der Waals surface area contributed by atoms with Gasteiger partial charge in [-0.3, -0.25) is 9.36 Å². The lowest BCUT2D eigenvalue weighted by Gasteiger charge is -2.27. The summed E-state index contributed by atoms with van der Waals surface area (Å²) in [5, 5.41) is 0.439. The maximum Gasteiger partial charge on any atom is 0.338 e. The normalized spacial score (nSPS) is 14.7. The molecular formula is C30H29ClN2O6S. The molecule has 1 aromatic heterocycles. The van der Waals surface area contributed by atoms with Crippen molar-refractivity contribution < 1.29 is 23.7 Å². The van der Waals surface area contributed by atoms with Crippen LogP contribution in [0, 0.1) is 12.3 Å². The van der Waals surface area contributed by atoms with Crippen LogP contribution in [0.3, 0.4) is 0 Å². The second-order valence-electron chi connectivity index (χ2n) is 8.70. The number of aromatic nitrogens is 1. The fourth-order valence-corrected chi connectivity index (χ4v) is 5.70. The number of thiazole rings is 1. The zero-order valence-electron chi connectivity index (χ0n) is 22.7. The molecule has 3 aromatic rings. The molecule has 8 nitrogen and oxygen atoms in total. The topological polar surface area (TPSA) is 88.4 Å². The molecule has 10 heteroatoms. The first-order chi connectivity index (χ1) is 19.4. The Hall–Kier alpha value is -4.00. The van der Waals surface area contributed by atoms with E-state index in [9.17, 15) is 9.59 Å². The molecule has 208 valence electrons. The Kier molecular flexibility index (Phi) is 9.35. The number of rotatable bonds is 10. The Morgan fingerprint density at radius 1 is 1.15 bits per heavy atom. The van der Waals surface area contributed by atoms with Gasteiger partial charge in [-0.25, -0.2) is 9.79 Å². The number of hydrogen-bond acceptors (Lipinski definition) is 8. The van der Waals surface area contributed by atoms with E-state index >= 15 is 0 Å². The number of halogens is 1. The van der Waals surface area contributed by atoms with Gasteiger partial charge in [0.1, 0.15) is 18.4 Å². The van der Waals surface area contributed by atoms with E-state index in [0.717, 1.165) is 6.42 Å². The van der Waals surface area contributed by atoms with Crippen LogP contribution in [0.4, 0.5) is 0 Å². The monoisotopic (exact) mass is 580 g/mol. The van der Waals surface area contributed by atoms with Crippen LogP contribution < -0.4 is 29.1 Å². The van der Waals surface area contributed by atoms with Crippen molar-refractivity contribution in [1.82, 2.24) is 4.57 Å². The second kappa shape index (κ2) is 12.9. The quantitative estimate of drug-likeness (QED) is 0.263. The first kappa shape index (κ1) is 29.0. The highest BCUT2D eigenvalue weighted by Gasteiger charge is 2.36. The summed E-state index contributed by atoms with van der Waals surface area (Å²) >= 11 is 7.63. The number of terminal acetylenes is 1. The van der Waals surface area contributed by atoms with Gasteiger partial charge in [0.2, 0.25) is 0 Å². The third-order valence-electron chi connectivity index (χ3n) is 6.17. The Balaban J connectivity index is 1.97. The number of nitrogens with zero attached hydrogens (tertiary/aromatic N) is 2. The lowest BCUT2D eigenvalue weighted by atomic mass is 9.93. The molecule has 4 rings (SSSR count). The summed E-state index contributed by atoms with van der Waals surface area (Å²) in [6.45, 7) is 4.01. The zero-order chi connectivity index (χ0) is 28.8. The standard InChI is InChI=1S/C30H29ClN2O6S/c1-6-9-21-26(29(35)38-8-3)27(20-17-19(31)11-13-22(20)36-4)33-28(34)25(40-30(33)32-21)16-18-10-12-23(39-14-7-2)24(15-18)37-5/h2,10-13,15-17,27H,6,8-9,14H2,1,3-5H3/b25-16+/t27-/m1/s1. The van der Waals surface area contributed by atoms with Crippen molar-refractivity contribution in [3.63, 3.8) is 0 Å². The minimum atomic E-state index is -0.846. The number of methoxy groups -OCH3 is 2. The number of allylic oxidation sites excluding steroid dienone is 1. The summed E-state index contributed by atoms with van der Waals surface area (Å²) in [6, 6.07) is 9.56. The minimum Gasteiger partial charge on any atom is -0.496 e. The molecular weight excluding hydrogens is 552 g/mol. The molecule has 0 saturated heterocycles. The third-order valence-corrected chi connectivity index (χ3v) is 7.39. The van der Waals surface area contributed by atoms with Gasteiger partial charge in [-0.05, 0) is 55.3 Å². The number of ether oxygens (including phenoxy) is 4. The van der Waals surface area contributed by atoms with Crippen LogP contribution in [-0.4, -0.2) is 38.0 Å². The first-order valence-corrected chi connectivity index (χ1v) is 13.9. The van der Waals surface area contributed by atoms with Gasteiger partial charge in [0.15, 0.2) is 16.3 Å². The van der Waals surface area contributed by atoms with E-state index in [1.807, 2.05) is 6.92 Å². The van der Waals surface area contributed by atoms with Gasteiger partial charge in [0.05, 0.1) is 36.6 Å². The molecule has 1 atom stereocenters. The molecule has 0 fully saturated rings. The van der Waals surface area contributed by atoms with Crippen molar-refractivity contribution in [2.75, 3.05) is 27.4 Å². The Labute approximate surface area is 241 Å². The summed E-state index contributed by atoms with van der Waals surface area (Å²) in [5.74, 6) is 3.34. The molecule has 0 bridgehead atoms. The van der Waals surface area contributed by atoms with E-state index in [0.29, 0.717) is 60.4 Å². The van der Waals surface area contributed by atoms with Gasteiger partial charge in [-0.1, -0.05) is 48.3 Å². The molecule has 0 spiro atoms. The van der Waals surface area contributed by atoms with Crippen molar-refractivity contribution in [3.05, 3.63) is 83.5 Å². The summed E-state index contributed by atoms with van der Waals surface area (Å²) in [7, 11) is 3.06.